The van der Waals surface area contributed by atoms with Crippen molar-refractivity contribution in [3.63, 3.8) is 0 Å². The van der Waals surface area contributed by atoms with Gasteiger partial charge in [-0.1, -0.05) is 29.3 Å². The van der Waals surface area contributed by atoms with Crippen LogP contribution in [0.5, 0.6) is 0 Å². The largest absolute Gasteiger partial charge is 0.224 e. The van der Waals surface area contributed by atoms with Crippen molar-refractivity contribution in [1.82, 2.24) is 0 Å². The normalized spacial score (nSPS) is 11.7. The molecule has 0 aliphatic heterocycles. The highest BCUT2D eigenvalue weighted by Crippen LogP contribution is 2.37. The highest BCUT2D eigenvalue weighted by atomic mass is 32.2. The fourth-order valence-corrected chi connectivity index (χ4v) is 4.64. The average Bonchev–Trinajstić information content (AvgIpc) is 2.93. The molecule has 3 rings (SSSR count). The number of benzene rings is 2. The molecule has 0 aliphatic carbocycles. The Bertz CT molecular complexity index is 1020. The number of hydrogen-bond donors (Lipinski definition) is 0. The summed E-state index contributed by atoms with van der Waals surface area (Å²) >= 11 is 1.43. The van der Waals surface area contributed by atoms with Crippen molar-refractivity contribution in [2.24, 2.45) is 0 Å². The molecule has 0 bridgehead atoms. The Morgan fingerprint density at radius 3 is 1.68 bits per heavy atom. The zero-order valence-electron chi connectivity index (χ0n) is 13.9. The summed E-state index contributed by atoms with van der Waals surface area (Å²) in [6, 6.07) is 8.23. The predicted octanol–water partition coefficient (Wildman–Crippen LogP) is 5.38. The molecule has 0 unspecified atom stereocenters. The molecule has 0 N–H and O–H groups in total. The van der Waals surface area contributed by atoms with Gasteiger partial charge in [-0.15, -0.1) is 0 Å². The van der Waals surface area contributed by atoms with E-state index >= 15 is 0 Å². The van der Waals surface area contributed by atoms with Gasteiger partial charge in [0.1, 0.15) is 16.5 Å². The van der Waals surface area contributed by atoms with E-state index < -0.39 is 26.4 Å². The Kier molecular flexibility index (Phi) is 4.51. The minimum Gasteiger partial charge on any atom is -0.224 e. The third-order valence-electron chi connectivity index (χ3n) is 3.87. The van der Waals surface area contributed by atoms with Gasteiger partial charge in [0.05, 0.1) is 0 Å². The number of thiophene rings is 1. The predicted molar refractivity (Wildman–Crippen MR) is 97.7 cm³/mol. The summed E-state index contributed by atoms with van der Waals surface area (Å²) < 4.78 is 51.6. The molecule has 0 amide bonds. The Labute approximate surface area is 149 Å². The molecule has 0 fully saturated rings. The van der Waals surface area contributed by atoms with E-state index in [4.69, 9.17) is 0 Å². The Balaban J connectivity index is 2.19. The SMILES string of the molecule is Cc1cc(C)cc(-c2cscc2-c2cc(F)c(S(C)(=O)=O)c(F)c2)c1. The van der Waals surface area contributed by atoms with Crippen molar-refractivity contribution < 1.29 is 17.2 Å². The average molecular weight is 378 g/mol. The van der Waals surface area contributed by atoms with Crippen LogP contribution in [0.2, 0.25) is 0 Å². The van der Waals surface area contributed by atoms with Crippen molar-refractivity contribution in [1.29, 1.82) is 0 Å². The highest BCUT2D eigenvalue weighted by Gasteiger charge is 2.22. The summed E-state index contributed by atoms with van der Waals surface area (Å²) in [5.74, 6) is -2.15. The number of sulfone groups is 1. The molecule has 0 atom stereocenters. The minimum atomic E-state index is -3.97. The monoisotopic (exact) mass is 378 g/mol. The maximum Gasteiger partial charge on any atom is 0.181 e. The van der Waals surface area contributed by atoms with E-state index in [9.17, 15) is 17.2 Å². The van der Waals surface area contributed by atoms with E-state index in [2.05, 4.69) is 6.07 Å². The number of rotatable bonds is 3. The van der Waals surface area contributed by atoms with Crippen molar-refractivity contribution in [2.75, 3.05) is 6.26 Å². The summed E-state index contributed by atoms with van der Waals surface area (Å²) in [6.07, 6.45) is 0.791. The van der Waals surface area contributed by atoms with Crippen LogP contribution >= 0.6 is 11.3 Å². The summed E-state index contributed by atoms with van der Waals surface area (Å²) in [5, 5.41) is 3.73. The van der Waals surface area contributed by atoms with Crippen LogP contribution in [0, 0.1) is 25.5 Å². The molecule has 25 heavy (non-hydrogen) atoms. The molecule has 0 spiro atoms. The number of halogens is 2. The first-order chi connectivity index (χ1) is 11.7. The van der Waals surface area contributed by atoms with Crippen molar-refractivity contribution in [3.8, 4) is 22.3 Å². The summed E-state index contributed by atoms with van der Waals surface area (Å²) in [7, 11) is -3.97. The summed E-state index contributed by atoms with van der Waals surface area (Å²) in [6.45, 7) is 3.98. The van der Waals surface area contributed by atoms with E-state index in [0.29, 0.717) is 11.1 Å². The molecule has 3 aromatic rings. The van der Waals surface area contributed by atoms with E-state index in [1.807, 2.05) is 31.4 Å². The molecule has 6 heteroatoms. The van der Waals surface area contributed by atoms with Crippen LogP contribution in [-0.2, 0) is 9.84 Å². The van der Waals surface area contributed by atoms with E-state index in [1.54, 1.807) is 5.38 Å². The van der Waals surface area contributed by atoms with Gasteiger partial charge >= 0.3 is 0 Å². The van der Waals surface area contributed by atoms with Crippen LogP contribution in [-0.4, -0.2) is 14.7 Å². The Hall–Kier alpha value is -2.05. The van der Waals surface area contributed by atoms with Crippen LogP contribution in [0.4, 0.5) is 8.78 Å². The highest BCUT2D eigenvalue weighted by molar-refractivity contribution is 7.90. The van der Waals surface area contributed by atoms with Gasteiger partial charge < -0.3 is 0 Å². The third-order valence-corrected chi connectivity index (χ3v) is 5.75. The third kappa shape index (κ3) is 3.50. The van der Waals surface area contributed by atoms with E-state index in [0.717, 1.165) is 40.6 Å². The van der Waals surface area contributed by atoms with Crippen molar-refractivity contribution in [2.45, 2.75) is 18.7 Å². The fraction of sp³-hybridized carbons (Fsp3) is 0.158. The molecule has 2 nitrogen and oxygen atoms in total. The quantitative estimate of drug-likeness (QED) is 0.613. The maximum absolute atomic E-state index is 14.2. The smallest absolute Gasteiger partial charge is 0.181 e. The molecule has 0 radical (unpaired) electrons. The lowest BCUT2D eigenvalue weighted by molar-refractivity contribution is 0.522. The van der Waals surface area contributed by atoms with Gasteiger partial charge in [-0.25, -0.2) is 17.2 Å². The molecule has 130 valence electrons. The van der Waals surface area contributed by atoms with Crippen molar-refractivity contribution in [3.05, 3.63) is 63.9 Å². The van der Waals surface area contributed by atoms with Gasteiger partial charge in [-0.2, -0.15) is 11.3 Å². The van der Waals surface area contributed by atoms with Gasteiger partial charge in [0, 0.05) is 17.4 Å². The molecule has 0 saturated heterocycles. The van der Waals surface area contributed by atoms with Gasteiger partial charge in [0.2, 0.25) is 0 Å². The Morgan fingerprint density at radius 2 is 1.24 bits per heavy atom. The first kappa shape index (κ1) is 17.8. The second-order valence-corrected chi connectivity index (χ2v) is 8.81. The van der Waals surface area contributed by atoms with Crippen LogP contribution < -0.4 is 0 Å². The van der Waals surface area contributed by atoms with Crippen LogP contribution in [0.25, 0.3) is 22.3 Å². The molecule has 2 aromatic carbocycles. The van der Waals surface area contributed by atoms with Crippen LogP contribution in [0.3, 0.4) is 0 Å². The molecular formula is C19H16F2O2S2. The second-order valence-electron chi connectivity index (χ2n) is 6.12. The van der Waals surface area contributed by atoms with E-state index in [-0.39, 0.29) is 0 Å². The summed E-state index contributed by atoms with van der Waals surface area (Å²) in [4.78, 5) is -0.889. The molecule has 1 aromatic heterocycles. The zero-order valence-corrected chi connectivity index (χ0v) is 15.6. The topological polar surface area (TPSA) is 34.1 Å². The molecular weight excluding hydrogens is 362 g/mol. The second kappa shape index (κ2) is 6.35. The molecule has 1 heterocycles. The lowest BCUT2D eigenvalue weighted by Gasteiger charge is -2.10. The van der Waals surface area contributed by atoms with E-state index in [1.165, 1.54) is 11.3 Å². The minimum absolute atomic E-state index is 0.317. The summed E-state index contributed by atoms with van der Waals surface area (Å²) in [5.41, 5.74) is 5.00. The first-order valence-electron chi connectivity index (χ1n) is 7.51. The number of aryl methyl sites for hydroxylation is 2. The zero-order chi connectivity index (χ0) is 18.4. The van der Waals surface area contributed by atoms with Gasteiger partial charge in [-0.05, 0) is 47.9 Å². The maximum atomic E-state index is 14.2. The number of hydrogen-bond acceptors (Lipinski definition) is 3. The molecule has 0 aliphatic rings. The lowest BCUT2D eigenvalue weighted by atomic mass is 9.96. The fourth-order valence-electron chi connectivity index (χ4n) is 2.94. The van der Waals surface area contributed by atoms with Crippen LogP contribution in [0.15, 0.2) is 46.0 Å². The standard InChI is InChI=1S/C19H16F2O2S2/c1-11-4-12(2)6-13(5-11)15-9-24-10-16(15)14-7-17(20)19(18(21)8-14)25(3,22)23/h4-10H,1-3H3. The lowest BCUT2D eigenvalue weighted by Crippen LogP contribution is -2.04. The van der Waals surface area contributed by atoms with Gasteiger partial charge in [0.25, 0.3) is 0 Å². The van der Waals surface area contributed by atoms with Gasteiger partial charge in [0.15, 0.2) is 9.84 Å². The van der Waals surface area contributed by atoms with Gasteiger partial charge in [-0.3, -0.25) is 0 Å². The first-order valence-corrected chi connectivity index (χ1v) is 10.3. The Morgan fingerprint density at radius 1 is 0.800 bits per heavy atom. The van der Waals surface area contributed by atoms with Crippen LogP contribution in [0.1, 0.15) is 11.1 Å². The molecule has 0 saturated carbocycles. The van der Waals surface area contributed by atoms with Crippen molar-refractivity contribution >= 4 is 21.2 Å².